The molecular formula is C15H13BrN2O2S. The fraction of sp³-hybridized carbons (Fsp3) is 0.133. The van der Waals surface area contributed by atoms with Gasteiger partial charge in [0.05, 0.1) is 10.4 Å². The van der Waals surface area contributed by atoms with E-state index >= 15 is 0 Å². The van der Waals surface area contributed by atoms with E-state index in [9.17, 15) is 8.42 Å². The Morgan fingerprint density at radius 3 is 2.57 bits per heavy atom. The van der Waals surface area contributed by atoms with Crippen molar-refractivity contribution in [1.82, 2.24) is 9.97 Å². The van der Waals surface area contributed by atoms with Crippen molar-refractivity contribution in [1.29, 1.82) is 0 Å². The molecular weight excluding hydrogens is 352 g/mol. The highest BCUT2D eigenvalue weighted by atomic mass is 79.9. The van der Waals surface area contributed by atoms with Crippen LogP contribution in [0.5, 0.6) is 0 Å². The molecule has 0 aliphatic rings. The molecule has 3 aromatic rings. The van der Waals surface area contributed by atoms with Crippen molar-refractivity contribution in [3.8, 4) is 11.4 Å². The van der Waals surface area contributed by atoms with Crippen LogP contribution in [0, 0.1) is 6.92 Å². The molecule has 0 unspecified atom stereocenters. The van der Waals surface area contributed by atoms with Crippen LogP contribution >= 0.6 is 15.9 Å². The molecule has 2 aromatic carbocycles. The molecule has 0 radical (unpaired) electrons. The smallest absolute Gasteiger partial charge is 0.177 e. The van der Waals surface area contributed by atoms with E-state index < -0.39 is 9.84 Å². The Morgan fingerprint density at radius 1 is 1.14 bits per heavy atom. The molecule has 0 aliphatic heterocycles. The highest BCUT2D eigenvalue weighted by Crippen LogP contribution is 2.31. The van der Waals surface area contributed by atoms with Crippen LogP contribution in [-0.4, -0.2) is 24.6 Å². The summed E-state index contributed by atoms with van der Waals surface area (Å²) in [7, 11) is -3.31. The first-order valence-corrected chi connectivity index (χ1v) is 9.00. The number of imidazole rings is 1. The monoisotopic (exact) mass is 364 g/mol. The standard InChI is InChI=1S/C15H13BrN2O2S/c1-9-5-3-6-10(13(9)16)15-17-11-7-4-8-12(14(11)18-15)21(2,19)20/h3-8H,1-2H3,(H,17,18). The maximum Gasteiger partial charge on any atom is 0.177 e. The van der Waals surface area contributed by atoms with Crippen LogP contribution in [0.1, 0.15) is 5.56 Å². The van der Waals surface area contributed by atoms with Crippen LogP contribution in [0.2, 0.25) is 0 Å². The molecule has 0 amide bonds. The summed E-state index contributed by atoms with van der Waals surface area (Å²) in [4.78, 5) is 7.92. The molecule has 1 heterocycles. The molecule has 0 spiro atoms. The zero-order valence-corrected chi connectivity index (χ0v) is 13.9. The third-order valence-corrected chi connectivity index (χ3v) is 5.50. The summed E-state index contributed by atoms with van der Waals surface area (Å²) in [5.74, 6) is 0.650. The predicted octanol–water partition coefficient (Wildman–Crippen LogP) is 3.70. The number of hydrogen-bond acceptors (Lipinski definition) is 3. The minimum Gasteiger partial charge on any atom is -0.338 e. The number of benzene rings is 2. The number of fused-ring (bicyclic) bond motifs is 1. The van der Waals surface area contributed by atoms with Gasteiger partial charge in [-0.25, -0.2) is 13.4 Å². The summed E-state index contributed by atoms with van der Waals surface area (Å²) in [5, 5.41) is 0. The van der Waals surface area contributed by atoms with Crippen LogP contribution in [0.3, 0.4) is 0 Å². The number of H-pyrrole nitrogens is 1. The van der Waals surface area contributed by atoms with Crippen LogP contribution < -0.4 is 0 Å². The molecule has 6 heteroatoms. The topological polar surface area (TPSA) is 62.8 Å². The number of nitrogens with zero attached hydrogens (tertiary/aromatic N) is 1. The Kier molecular flexibility index (Phi) is 3.37. The van der Waals surface area contributed by atoms with Crippen molar-refractivity contribution in [2.45, 2.75) is 11.8 Å². The number of hydrogen-bond donors (Lipinski definition) is 1. The van der Waals surface area contributed by atoms with Gasteiger partial charge in [0.25, 0.3) is 0 Å². The van der Waals surface area contributed by atoms with Crippen molar-refractivity contribution >= 4 is 36.8 Å². The zero-order valence-electron chi connectivity index (χ0n) is 11.5. The number of aromatic nitrogens is 2. The molecule has 0 bridgehead atoms. The largest absolute Gasteiger partial charge is 0.338 e. The summed E-state index contributed by atoms with van der Waals surface area (Å²) in [6.07, 6.45) is 1.19. The van der Waals surface area contributed by atoms with Gasteiger partial charge in [0.15, 0.2) is 9.84 Å². The fourth-order valence-corrected chi connectivity index (χ4v) is 3.55. The van der Waals surface area contributed by atoms with Gasteiger partial charge < -0.3 is 4.98 Å². The number of aromatic amines is 1. The summed E-state index contributed by atoms with van der Waals surface area (Å²) in [6.45, 7) is 2.00. The third-order valence-electron chi connectivity index (χ3n) is 3.32. The molecule has 0 fully saturated rings. The quantitative estimate of drug-likeness (QED) is 0.753. The number of para-hydroxylation sites is 1. The van der Waals surface area contributed by atoms with E-state index in [1.165, 1.54) is 6.26 Å². The highest BCUT2D eigenvalue weighted by Gasteiger charge is 2.16. The Hall–Kier alpha value is -1.66. The van der Waals surface area contributed by atoms with Gasteiger partial charge in [-0.05, 0) is 40.5 Å². The summed E-state index contributed by atoms with van der Waals surface area (Å²) >= 11 is 3.55. The van der Waals surface area contributed by atoms with Gasteiger partial charge >= 0.3 is 0 Å². The van der Waals surface area contributed by atoms with E-state index in [2.05, 4.69) is 25.9 Å². The molecule has 108 valence electrons. The van der Waals surface area contributed by atoms with Gasteiger partial charge in [0, 0.05) is 16.3 Å². The average molecular weight is 365 g/mol. The highest BCUT2D eigenvalue weighted by molar-refractivity contribution is 9.10. The number of aryl methyl sites for hydroxylation is 1. The molecule has 1 N–H and O–H groups in total. The Bertz CT molecular complexity index is 945. The average Bonchev–Trinajstić information content (AvgIpc) is 2.84. The van der Waals surface area contributed by atoms with Crippen LogP contribution in [0.15, 0.2) is 45.8 Å². The van der Waals surface area contributed by atoms with Gasteiger partial charge in [0.2, 0.25) is 0 Å². The van der Waals surface area contributed by atoms with Crippen LogP contribution in [0.25, 0.3) is 22.4 Å². The molecule has 4 nitrogen and oxygen atoms in total. The van der Waals surface area contributed by atoms with Crippen LogP contribution in [-0.2, 0) is 9.84 Å². The van der Waals surface area contributed by atoms with Crippen molar-refractivity contribution < 1.29 is 8.42 Å². The zero-order chi connectivity index (χ0) is 15.2. The summed E-state index contributed by atoms with van der Waals surface area (Å²) in [5.41, 5.74) is 3.19. The lowest BCUT2D eigenvalue weighted by Gasteiger charge is -2.03. The van der Waals surface area contributed by atoms with E-state index in [0.717, 1.165) is 15.6 Å². The maximum atomic E-state index is 11.9. The molecule has 3 rings (SSSR count). The Labute approximate surface area is 131 Å². The van der Waals surface area contributed by atoms with Gasteiger partial charge in [0.1, 0.15) is 11.3 Å². The first-order chi connectivity index (χ1) is 9.88. The molecule has 0 aliphatic carbocycles. The number of halogens is 1. The molecule has 0 saturated carbocycles. The molecule has 0 atom stereocenters. The predicted molar refractivity (Wildman–Crippen MR) is 87.1 cm³/mol. The second-order valence-electron chi connectivity index (χ2n) is 4.95. The van der Waals surface area contributed by atoms with Crippen molar-refractivity contribution in [2.75, 3.05) is 6.26 Å². The van der Waals surface area contributed by atoms with E-state index in [1.54, 1.807) is 12.1 Å². The van der Waals surface area contributed by atoms with Gasteiger partial charge in [-0.3, -0.25) is 0 Å². The molecule has 0 saturated heterocycles. The normalized spacial score (nSPS) is 12.0. The van der Waals surface area contributed by atoms with Gasteiger partial charge in [-0.1, -0.05) is 24.3 Å². The minimum atomic E-state index is -3.31. The van der Waals surface area contributed by atoms with E-state index in [1.807, 2.05) is 31.2 Å². The Morgan fingerprint density at radius 2 is 1.86 bits per heavy atom. The van der Waals surface area contributed by atoms with E-state index in [0.29, 0.717) is 16.9 Å². The van der Waals surface area contributed by atoms with Gasteiger partial charge in [-0.2, -0.15) is 0 Å². The van der Waals surface area contributed by atoms with Crippen LogP contribution in [0.4, 0.5) is 0 Å². The third kappa shape index (κ3) is 2.49. The first-order valence-electron chi connectivity index (χ1n) is 6.32. The number of rotatable bonds is 2. The van der Waals surface area contributed by atoms with Gasteiger partial charge in [-0.15, -0.1) is 0 Å². The second-order valence-corrected chi connectivity index (χ2v) is 7.72. The van der Waals surface area contributed by atoms with E-state index in [4.69, 9.17) is 0 Å². The minimum absolute atomic E-state index is 0.242. The summed E-state index contributed by atoms with van der Waals surface area (Å²) in [6, 6.07) is 11.0. The number of sulfone groups is 1. The van der Waals surface area contributed by atoms with E-state index in [-0.39, 0.29) is 4.90 Å². The second kappa shape index (κ2) is 4.96. The summed E-state index contributed by atoms with van der Waals surface area (Å²) < 4.78 is 24.7. The first kappa shape index (κ1) is 14.3. The lowest BCUT2D eigenvalue weighted by Crippen LogP contribution is -1.97. The molecule has 21 heavy (non-hydrogen) atoms. The fourth-order valence-electron chi connectivity index (χ4n) is 2.26. The Balaban J connectivity index is 2.30. The van der Waals surface area contributed by atoms with Crippen molar-refractivity contribution in [2.24, 2.45) is 0 Å². The lowest BCUT2D eigenvalue weighted by atomic mass is 10.1. The molecule has 1 aromatic heterocycles. The maximum absolute atomic E-state index is 11.9. The van der Waals surface area contributed by atoms with Crippen molar-refractivity contribution in [3.05, 3.63) is 46.4 Å². The SMILES string of the molecule is Cc1cccc(-c2nc3c(S(C)(=O)=O)cccc3[nH]2)c1Br. The number of nitrogens with one attached hydrogen (secondary N) is 1. The van der Waals surface area contributed by atoms with Crippen molar-refractivity contribution in [3.63, 3.8) is 0 Å². The lowest BCUT2D eigenvalue weighted by molar-refractivity contribution is 0.602.